The Bertz CT molecular complexity index is 497. The zero-order valence-corrected chi connectivity index (χ0v) is 12.0. The van der Waals surface area contributed by atoms with Crippen LogP contribution in [0.15, 0.2) is 18.2 Å². The van der Waals surface area contributed by atoms with Crippen molar-refractivity contribution >= 4 is 5.91 Å². The molecule has 21 heavy (non-hydrogen) atoms. The Morgan fingerprint density at radius 3 is 2.71 bits per heavy atom. The third-order valence-electron chi connectivity index (χ3n) is 3.92. The Labute approximate surface area is 122 Å². The van der Waals surface area contributed by atoms with E-state index in [0.717, 1.165) is 19.2 Å². The van der Waals surface area contributed by atoms with Gasteiger partial charge in [0.2, 0.25) is 5.91 Å². The molecule has 1 aliphatic rings. The van der Waals surface area contributed by atoms with Gasteiger partial charge >= 0.3 is 0 Å². The first-order chi connectivity index (χ1) is 10.1. The number of nitrogens with one attached hydrogen (secondary N) is 2. The van der Waals surface area contributed by atoms with Crippen LogP contribution in [0.25, 0.3) is 0 Å². The van der Waals surface area contributed by atoms with Crippen molar-refractivity contribution in [2.45, 2.75) is 19.4 Å². The predicted octanol–water partition coefficient (Wildman–Crippen LogP) is 1.60. The van der Waals surface area contributed by atoms with Crippen molar-refractivity contribution in [2.75, 3.05) is 26.8 Å². The van der Waals surface area contributed by atoms with Gasteiger partial charge in [-0.1, -0.05) is 6.07 Å². The van der Waals surface area contributed by atoms with Crippen LogP contribution < -0.4 is 10.6 Å². The molecule has 1 heterocycles. The van der Waals surface area contributed by atoms with Crippen molar-refractivity contribution in [1.29, 1.82) is 0 Å². The van der Waals surface area contributed by atoms with Gasteiger partial charge in [0.15, 0.2) is 0 Å². The quantitative estimate of drug-likeness (QED) is 0.868. The normalized spacial score (nSPS) is 17.5. The summed E-state index contributed by atoms with van der Waals surface area (Å²) in [5.74, 6) is -1.42. The molecule has 1 saturated heterocycles. The van der Waals surface area contributed by atoms with Crippen LogP contribution in [-0.4, -0.2) is 32.7 Å². The lowest BCUT2D eigenvalue weighted by atomic mass is 9.78. The monoisotopic (exact) mass is 298 g/mol. The third kappa shape index (κ3) is 3.77. The molecular formula is C15H20F2N2O2. The van der Waals surface area contributed by atoms with Crippen molar-refractivity contribution in [3.05, 3.63) is 35.4 Å². The number of rotatable bonds is 5. The summed E-state index contributed by atoms with van der Waals surface area (Å²) in [4.78, 5) is 12.4. The van der Waals surface area contributed by atoms with E-state index in [1.165, 1.54) is 12.1 Å². The molecule has 1 fully saturated rings. The van der Waals surface area contributed by atoms with Gasteiger partial charge in [0.1, 0.15) is 11.6 Å². The molecule has 1 amide bonds. The maximum absolute atomic E-state index is 13.6. The highest BCUT2D eigenvalue weighted by atomic mass is 19.1. The number of hydrogen-bond acceptors (Lipinski definition) is 3. The number of benzene rings is 1. The van der Waals surface area contributed by atoms with E-state index >= 15 is 0 Å². The molecule has 0 unspecified atom stereocenters. The topological polar surface area (TPSA) is 50.4 Å². The van der Waals surface area contributed by atoms with Crippen molar-refractivity contribution in [1.82, 2.24) is 10.6 Å². The fourth-order valence-electron chi connectivity index (χ4n) is 2.65. The number of carbonyl (C=O) groups is 1. The largest absolute Gasteiger partial charge is 0.384 e. The molecule has 4 nitrogen and oxygen atoms in total. The Morgan fingerprint density at radius 1 is 1.38 bits per heavy atom. The molecule has 2 rings (SSSR count). The minimum atomic E-state index is -0.651. The van der Waals surface area contributed by atoms with Crippen LogP contribution in [0, 0.1) is 17.0 Å². The summed E-state index contributed by atoms with van der Waals surface area (Å²) < 4.78 is 31.6. The Morgan fingerprint density at radius 2 is 2.10 bits per heavy atom. The van der Waals surface area contributed by atoms with E-state index in [0.29, 0.717) is 19.4 Å². The Balaban J connectivity index is 2.01. The number of hydrogen-bond donors (Lipinski definition) is 2. The van der Waals surface area contributed by atoms with E-state index < -0.39 is 17.0 Å². The number of ether oxygens (including phenoxy) is 1. The number of amides is 1. The fourth-order valence-corrected chi connectivity index (χ4v) is 2.65. The van der Waals surface area contributed by atoms with Gasteiger partial charge in [0.25, 0.3) is 0 Å². The summed E-state index contributed by atoms with van der Waals surface area (Å²) in [5.41, 5.74) is -0.303. The summed E-state index contributed by atoms with van der Waals surface area (Å²) in [7, 11) is 1.57. The van der Waals surface area contributed by atoms with Crippen LogP contribution >= 0.6 is 0 Å². The average molecular weight is 298 g/mol. The highest BCUT2D eigenvalue weighted by Gasteiger charge is 2.39. The molecule has 6 heteroatoms. The Hall–Kier alpha value is -1.53. The molecule has 116 valence electrons. The number of carbonyl (C=O) groups excluding carboxylic acids is 1. The summed E-state index contributed by atoms with van der Waals surface area (Å²) in [5, 5.41) is 5.95. The van der Waals surface area contributed by atoms with Crippen molar-refractivity contribution in [3.63, 3.8) is 0 Å². The van der Waals surface area contributed by atoms with Gasteiger partial charge in [0, 0.05) is 25.3 Å². The second kappa shape index (κ2) is 6.95. The summed E-state index contributed by atoms with van der Waals surface area (Å²) in [6.45, 7) is 1.89. The molecule has 1 aromatic carbocycles. The standard InChI is InChI=1S/C15H20F2N2O2/c1-21-10-15(4-6-18-7-5-15)14(20)19-9-11-2-3-12(16)8-13(11)17/h2-3,8,18H,4-7,9-10H2,1H3,(H,19,20). The van der Waals surface area contributed by atoms with Crippen molar-refractivity contribution < 1.29 is 18.3 Å². The van der Waals surface area contributed by atoms with Gasteiger partial charge in [-0.15, -0.1) is 0 Å². The van der Waals surface area contributed by atoms with Gasteiger partial charge in [-0.05, 0) is 32.0 Å². The molecule has 0 atom stereocenters. The Kier molecular flexibility index (Phi) is 5.25. The van der Waals surface area contributed by atoms with Crippen LogP contribution in [0.5, 0.6) is 0 Å². The van der Waals surface area contributed by atoms with E-state index in [1.807, 2.05) is 0 Å². The lowest BCUT2D eigenvalue weighted by molar-refractivity contribution is -0.136. The van der Waals surface area contributed by atoms with Gasteiger partial charge in [-0.25, -0.2) is 8.78 Å². The highest BCUT2D eigenvalue weighted by molar-refractivity contribution is 5.83. The van der Waals surface area contributed by atoms with Crippen LogP contribution in [0.1, 0.15) is 18.4 Å². The van der Waals surface area contributed by atoms with Crippen LogP contribution in [0.3, 0.4) is 0 Å². The lowest BCUT2D eigenvalue weighted by Gasteiger charge is -2.35. The van der Waals surface area contributed by atoms with E-state index in [-0.39, 0.29) is 18.0 Å². The summed E-state index contributed by atoms with van der Waals surface area (Å²) in [6.07, 6.45) is 1.36. The SMILES string of the molecule is COCC1(C(=O)NCc2ccc(F)cc2F)CCNCC1. The molecule has 0 saturated carbocycles. The van der Waals surface area contributed by atoms with E-state index in [4.69, 9.17) is 4.74 Å². The third-order valence-corrected chi connectivity index (χ3v) is 3.92. The average Bonchev–Trinajstić information content (AvgIpc) is 2.47. The number of piperidine rings is 1. The molecule has 0 bridgehead atoms. The minimum absolute atomic E-state index is 0.0455. The predicted molar refractivity (Wildman–Crippen MR) is 74.6 cm³/mol. The molecule has 2 N–H and O–H groups in total. The molecule has 0 radical (unpaired) electrons. The van der Waals surface area contributed by atoms with Crippen LogP contribution in [0.2, 0.25) is 0 Å². The first-order valence-electron chi connectivity index (χ1n) is 6.99. The molecule has 1 aliphatic heterocycles. The zero-order chi connectivity index (χ0) is 15.3. The first-order valence-corrected chi connectivity index (χ1v) is 6.99. The maximum atomic E-state index is 13.6. The van der Waals surface area contributed by atoms with E-state index in [9.17, 15) is 13.6 Å². The molecule has 0 aromatic heterocycles. The molecule has 0 spiro atoms. The van der Waals surface area contributed by atoms with Gasteiger partial charge in [0.05, 0.1) is 12.0 Å². The van der Waals surface area contributed by atoms with Crippen LogP contribution in [0.4, 0.5) is 8.78 Å². The first kappa shape index (κ1) is 15.9. The summed E-state index contributed by atoms with van der Waals surface area (Å²) >= 11 is 0. The van der Waals surface area contributed by atoms with E-state index in [2.05, 4.69) is 10.6 Å². The van der Waals surface area contributed by atoms with Crippen LogP contribution in [-0.2, 0) is 16.1 Å². The maximum Gasteiger partial charge on any atom is 0.228 e. The highest BCUT2D eigenvalue weighted by Crippen LogP contribution is 2.29. The van der Waals surface area contributed by atoms with Crippen molar-refractivity contribution in [2.24, 2.45) is 5.41 Å². The minimum Gasteiger partial charge on any atom is -0.384 e. The van der Waals surface area contributed by atoms with Gasteiger partial charge in [-0.3, -0.25) is 4.79 Å². The van der Waals surface area contributed by atoms with E-state index in [1.54, 1.807) is 7.11 Å². The molecular weight excluding hydrogens is 278 g/mol. The number of halogens is 2. The smallest absolute Gasteiger partial charge is 0.228 e. The number of methoxy groups -OCH3 is 1. The second-order valence-corrected chi connectivity index (χ2v) is 5.38. The second-order valence-electron chi connectivity index (χ2n) is 5.38. The summed E-state index contributed by atoms with van der Waals surface area (Å²) in [6, 6.07) is 3.34. The molecule has 0 aliphatic carbocycles. The fraction of sp³-hybridized carbons (Fsp3) is 0.533. The van der Waals surface area contributed by atoms with Crippen molar-refractivity contribution in [3.8, 4) is 0 Å². The molecule has 1 aromatic rings. The zero-order valence-electron chi connectivity index (χ0n) is 12.0. The van der Waals surface area contributed by atoms with Gasteiger partial charge in [-0.2, -0.15) is 0 Å². The lowest BCUT2D eigenvalue weighted by Crippen LogP contribution is -2.50. The van der Waals surface area contributed by atoms with Gasteiger partial charge < -0.3 is 15.4 Å².